The first-order valence-electron chi connectivity index (χ1n) is 3.03. The van der Waals surface area contributed by atoms with Gasteiger partial charge in [0.25, 0.3) is 5.56 Å². The second-order valence-electron chi connectivity index (χ2n) is 2.28. The lowest BCUT2D eigenvalue weighted by molar-refractivity contribution is 0.599. The molecular weight excluding hydrogens is 149 g/mol. The van der Waals surface area contributed by atoms with E-state index in [9.17, 15) is 9.18 Å². The van der Waals surface area contributed by atoms with Gasteiger partial charge in [-0.25, -0.2) is 4.98 Å². The molecule has 11 heavy (non-hydrogen) atoms. The third-order valence-electron chi connectivity index (χ3n) is 1.17. The van der Waals surface area contributed by atoms with E-state index < -0.39 is 11.4 Å². The Morgan fingerprint density at radius 1 is 1.64 bits per heavy atom. The highest BCUT2D eigenvalue weighted by atomic mass is 19.1. The van der Waals surface area contributed by atoms with Crippen LogP contribution >= 0.6 is 0 Å². The van der Waals surface area contributed by atoms with Crippen LogP contribution in [0, 0.1) is 5.82 Å². The maximum atomic E-state index is 12.3. The van der Waals surface area contributed by atoms with E-state index in [2.05, 4.69) is 9.97 Å². The van der Waals surface area contributed by atoms with Crippen LogP contribution in [-0.2, 0) is 0 Å². The molecule has 0 aliphatic heterocycles. The predicted molar refractivity (Wildman–Crippen MR) is 39.1 cm³/mol. The minimum atomic E-state index is -0.865. The van der Waals surface area contributed by atoms with Gasteiger partial charge in [0.05, 0.1) is 6.20 Å². The molecule has 1 aromatic heterocycles. The molecule has 0 amide bonds. The fraction of sp³-hybridized carbons (Fsp3) is 0.333. The van der Waals surface area contributed by atoms with Crippen molar-refractivity contribution in [1.29, 1.82) is 0 Å². The SMILES string of the molecule is CN(C)c1ncc(F)c(=O)[nH]1. The number of hydrogen-bond acceptors (Lipinski definition) is 3. The van der Waals surface area contributed by atoms with Crippen LogP contribution in [0.25, 0.3) is 0 Å². The van der Waals surface area contributed by atoms with Gasteiger partial charge in [-0.1, -0.05) is 0 Å². The van der Waals surface area contributed by atoms with E-state index in [-0.39, 0.29) is 0 Å². The smallest absolute Gasteiger partial charge is 0.288 e. The molecule has 0 bridgehead atoms. The normalized spacial score (nSPS) is 9.73. The third kappa shape index (κ3) is 1.54. The lowest BCUT2D eigenvalue weighted by atomic mass is 10.6. The van der Waals surface area contributed by atoms with Crippen molar-refractivity contribution >= 4 is 5.95 Å². The molecule has 1 rings (SSSR count). The minimum absolute atomic E-state index is 0.344. The highest BCUT2D eigenvalue weighted by molar-refractivity contribution is 5.24. The number of aromatic nitrogens is 2. The Morgan fingerprint density at radius 3 is 2.73 bits per heavy atom. The summed E-state index contributed by atoms with van der Waals surface area (Å²) in [5.74, 6) is -0.521. The van der Waals surface area contributed by atoms with Crippen molar-refractivity contribution in [2.75, 3.05) is 19.0 Å². The summed E-state index contributed by atoms with van der Waals surface area (Å²) in [5, 5.41) is 0. The number of halogens is 1. The number of nitrogens with one attached hydrogen (secondary N) is 1. The molecule has 0 spiro atoms. The summed E-state index contributed by atoms with van der Waals surface area (Å²) in [6, 6.07) is 0. The molecule has 0 fully saturated rings. The number of rotatable bonds is 1. The van der Waals surface area contributed by atoms with E-state index in [1.54, 1.807) is 19.0 Å². The summed E-state index contributed by atoms with van der Waals surface area (Å²) >= 11 is 0. The van der Waals surface area contributed by atoms with Crippen molar-refractivity contribution in [2.24, 2.45) is 0 Å². The average molecular weight is 157 g/mol. The largest absolute Gasteiger partial charge is 0.348 e. The molecule has 1 N–H and O–H groups in total. The Balaban J connectivity index is 3.16. The summed E-state index contributed by atoms with van der Waals surface area (Å²) in [5.41, 5.74) is -0.747. The average Bonchev–Trinajstić information content (AvgIpc) is 1.94. The van der Waals surface area contributed by atoms with Crippen LogP contribution in [0.15, 0.2) is 11.0 Å². The van der Waals surface area contributed by atoms with Gasteiger partial charge in [0, 0.05) is 14.1 Å². The van der Waals surface area contributed by atoms with E-state index in [0.717, 1.165) is 6.20 Å². The van der Waals surface area contributed by atoms with Gasteiger partial charge in [-0.05, 0) is 0 Å². The molecule has 60 valence electrons. The number of aromatic amines is 1. The molecule has 0 aliphatic carbocycles. The van der Waals surface area contributed by atoms with Crippen LogP contribution < -0.4 is 10.5 Å². The second kappa shape index (κ2) is 2.69. The van der Waals surface area contributed by atoms with E-state index in [0.29, 0.717) is 5.95 Å². The Labute approximate surface area is 62.7 Å². The molecule has 0 saturated carbocycles. The molecule has 0 unspecified atom stereocenters. The first kappa shape index (κ1) is 7.71. The quantitative estimate of drug-likeness (QED) is 0.623. The maximum absolute atomic E-state index is 12.3. The monoisotopic (exact) mass is 157 g/mol. The summed E-state index contributed by atoms with van der Waals surface area (Å²) < 4.78 is 12.3. The molecular formula is C6H8FN3O. The number of hydrogen-bond donors (Lipinski definition) is 1. The van der Waals surface area contributed by atoms with Crippen LogP contribution in [0.1, 0.15) is 0 Å². The van der Waals surface area contributed by atoms with Crippen LogP contribution in [0.3, 0.4) is 0 Å². The predicted octanol–water partition coefficient (Wildman–Crippen LogP) is -0.0250. The Hall–Kier alpha value is -1.39. The molecule has 0 radical (unpaired) electrons. The standard InChI is InChI=1S/C6H8FN3O/c1-10(2)6-8-3-4(7)5(11)9-6/h3H,1-2H3,(H,8,9,11). The van der Waals surface area contributed by atoms with E-state index in [1.807, 2.05) is 0 Å². The Kier molecular flexibility index (Phi) is 1.89. The first-order chi connectivity index (χ1) is 5.11. The van der Waals surface area contributed by atoms with Crippen LogP contribution in [-0.4, -0.2) is 24.1 Å². The van der Waals surface area contributed by atoms with Gasteiger partial charge in [-0.15, -0.1) is 0 Å². The fourth-order valence-electron chi connectivity index (χ4n) is 0.597. The highest BCUT2D eigenvalue weighted by Gasteiger charge is 2.00. The molecule has 0 aromatic carbocycles. The van der Waals surface area contributed by atoms with E-state index >= 15 is 0 Å². The minimum Gasteiger partial charge on any atom is -0.348 e. The lowest BCUT2D eigenvalue weighted by Gasteiger charge is -2.08. The molecule has 1 heterocycles. The van der Waals surface area contributed by atoms with E-state index in [4.69, 9.17) is 0 Å². The van der Waals surface area contributed by atoms with Crippen molar-refractivity contribution in [1.82, 2.24) is 9.97 Å². The molecule has 0 saturated heterocycles. The first-order valence-corrected chi connectivity index (χ1v) is 3.03. The summed E-state index contributed by atoms with van der Waals surface area (Å²) in [4.78, 5) is 18.1. The number of nitrogens with zero attached hydrogens (tertiary/aromatic N) is 2. The number of anilines is 1. The zero-order valence-electron chi connectivity index (χ0n) is 6.26. The van der Waals surface area contributed by atoms with Gasteiger partial charge >= 0.3 is 0 Å². The van der Waals surface area contributed by atoms with Crippen molar-refractivity contribution in [3.8, 4) is 0 Å². The van der Waals surface area contributed by atoms with Gasteiger partial charge in [-0.2, -0.15) is 4.39 Å². The third-order valence-corrected chi connectivity index (χ3v) is 1.17. The zero-order chi connectivity index (χ0) is 8.43. The van der Waals surface area contributed by atoms with Crippen molar-refractivity contribution < 1.29 is 4.39 Å². The number of H-pyrrole nitrogens is 1. The Morgan fingerprint density at radius 2 is 2.27 bits per heavy atom. The Bertz CT molecular complexity index is 307. The highest BCUT2D eigenvalue weighted by Crippen LogP contribution is 1.96. The fourth-order valence-corrected chi connectivity index (χ4v) is 0.597. The van der Waals surface area contributed by atoms with Crippen molar-refractivity contribution in [3.05, 3.63) is 22.4 Å². The van der Waals surface area contributed by atoms with Crippen LogP contribution in [0.4, 0.5) is 10.3 Å². The second-order valence-corrected chi connectivity index (χ2v) is 2.28. The van der Waals surface area contributed by atoms with Crippen LogP contribution in [0.2, 0.25) is 0 Å². The van der Waals surface area contributed by atoms with Crippen molar-refractivity contribution in [3.63, 3.8) is 0 Å². The summed E-state index contributed by atoms with van der Waals surface area (Å²) in [7, 11) is 3.41. The molecule has 5 heteroatoms. The van der Waals surface area contributed by atoms with Crippen molar-refractivity contribution in [2.45, 2.75) is 0 Å². The molecule has 0 aliphatic rings. The summed E-state index contributed by atoms with van der Waals surface area (Å²) in [6.07, 6.45) is 0.897. The van der Waals surface area contributed by atoms with Gasteiger partial charge < -0.3 is 4.90 Å². The lowest BCUT2D eigenvalue weighted by Crippen LogP contribution is -2.19. The topological polar surface area (TPSA) is 49.0 Å². The van der Waals surface area contributed by atoms with Crippen LogP contribution in [0.5, 0.6) is 0 Å². The van der Waals surface area contributed by atoms with Gasteiger partial charge in [0.15, 0.2) is 0 Å². The summed E-state index contributed by atoms with van der Waals surface area (Å²) in [6.45, 7) is 0. The van der Waals surface area contributed by atoms with Gasteiger partial charge in [0.1, 0.15) is 0 Å². The van der Waals surface area contributed by atoms with E-state index in [1.165, 1.54) is 0 Å². The zero-order valence-corrected chi connectivity index (χ0v) is 6.26. The molecule has 0 atom stereocenters. The van der Waals surface area contributed by atoms with Gasteiger partial charge in [-0.3, -0.25) is 9.78 Å². The molecule has 1 aromatic rings. The maximum Gasteiger partial charge on any atom is 0.288 e. The van der Waals surface area contributed by atoms with Gasteiger partial charge in [0.2, 0.25) is 11.8 Å². The molecule has 4 nitrogen and oxygen atoms in total.